The number of nitrogens with one attached hydrogen (secondary N) is 1. The molecular formula is C14H18N4O. The highest BCUT2D eigenvalue weighted by Crippen LogP contribution is 2.30. The van der Waals surface area contributed by atoms with E-state index in [-0.39, 0.29) is 5.56 Å². The summed E-state index contributed by atoms with van der Waals surface area (Å²) in [6.45, 7) is 5.55. The standard InChI is InChI=1S/C14H18N4O/c1-6-18(5)13-8-11-10(7-12(13)17(3)4)14(19)16-9(2)15-11/h6-8H,1H2,2-5H3,(H,15,16,19). The fourth-order valence-electron chi connectivity index (χ4n) is 2.02. The van der Waals surface area contributed by atoms with E-state index in [1.165, 1.54) is 0 Å². The first-order valence-electron chi connectivity index (χ1n) is 6.01. The molecule has 5 nitrogen and oxygen atoms in total. The van der Waals surface area contributed by atoms with Gasteiger partial charge in [0, 0.05) is 21.1 Å². The fraction of sp³-hybridized carbons (Fsp3) is 0.286. The lowest BCUT2D eigenvalue weighted by molar-refractivity contribution is 1.05. The van der Waals surface area contributed by atoms with Gasteiger partial charge in [0.2, 0.25) is 0 Å². The first-order valence-corrected chi connectivity index (χ1v) is 6.01. The molecule has 1 heterocycles. The van der Waals surface area contributed by atoms with Crippen LogP contribution in [-0.2, 0) is 0 Å². The van der Waals surface area contributed by atoms with Crippen LogP contribution in [0.2, 0.25) is 0 Å². The maximum Gasteiger partial charge on any atom is 0.258 e. The lowest BCUT2D eigenvalue weighted by Gasteiger charge is -2.23. The number of benzene rings is 1. The first kappa shape index (κ1) is 13.1. The predicted octanol–water partition coefficient (Wildman–Crippen LogP) is 1.88. The summed E-state index contributed by atoms with van der Waals surface area (Å²) in [5.41, 5.74) is 2.49. The van der Waals surface area contributed by atoms with Crippen molar-refractivity contribution >= 4 is 22.3 Å². The summed E-state index contributed by atoms with van der Waals surface area (Å²) in [5, 5.41) is 0.593. The molecule has 0 saturated heterocycles. The van der Waals surface area contributed by atoms with Gasteiger partial charge in [0.05, 0.1) is 22.3 Å². The second-order valence-electron chi connectivity index (χ2n) is 4.70. The van der Waals surface area contributed by atoms with E-state index in [1.54, 1.807) is 13.1 Å². The number of rotatable bonds is 3. The van der Waals surface area contributed by atoms with Crippen LogP contribution in [0.1, 0.15) is 5.82 Å². The van der Waals surface area contributed by atoms with Gasteiger partial charge < -0.3 is 14.8 Å². The van der Waals surface area contributed by atoms with Crippen molar-refractivity contribution in [2.24, 2.45) is 0 Å². The van der Waals surface area contributed by atoms with E-state index in [0.717, 1.165) is 11.4 Å². The number of anilines is 2. The van der Waals surface area contributed by atoms with Gasteiger partial charge in [-0.2, -0.15) is 0 Å². The Bertz CT molecular complexity index is 688. The van der Waals surface area contributed by atoms with Gasteiger partial charge in [0.15, 0.2) is 0 Å². The van der Waals surface area contributed by atoms with Crippen LogP contribution in [0.15, 0.2) is 29.7 Å². The van der Waals surface area contributed by atoms with Gasteiger partial charge >= 0.3 is 0 Å². The zero-order valence-corrected chi connectivity index (χ0v) is 11.7. The Balaban J connectivity index is 2.84. The molecule has 2 rings (SSSR count). The first-order chi connectivity index (χ1) is 8.93. The Labute approximate surface area is 112 Å². The highest BCUT2D eigenvalue weighted by molar-refractivity contribution is 5.90. The van der Waals surface area contributed by atoms with Gasteiger partial charge in [-0.25, -0.2) is 4.98 Å². The zero-order chi connectivity index (χ0) is 14.2. The topological polar surface area (TPSA) is 52.2 Å². The van der Waals surface area contributed by atoms with Crippen LogP contribution < -0.4 is 15.4 Å². The minimum absolute atomic E-state index is 0.113. The van der Waals surface area contributed by atoms with Crippen molar-refractivity contribution in [3.05, 3.63) is 41.1 Å². The molecular weight excluding hydrogens is 240 g/mol. The largest absolute Gasteiger partial charge is 0.376 e. The zero-order valence-electron chi connectivity index (χ0n) is 11.7. The summed E-state index contributed by atoms with van der Waals surface area (Å²) in [5.74, 6) is 0.613. The third kappa shape index (κ3) is 2.31. The van der Waals surface area contributed by atoms with E-state index in [4.69, 9.17) is 0 Å². The predicted molar refractivity (Wildman–Crippen MR) is 80.0 cm³/mol. The van der Waals surface area contributed by atoms with E-state index in [0.29, 0.717) is 16.7 Å². The molecule has 0 aliphatic rings. The highest BCUT2D eigenvalue weighted by Gasteiger charge is 2.12. The minimum atomic E-state index is -0.113. The van der Waals surface area contributed by atoms with Crippen LogP contribution in [0.25, 0.3) is 10.9 Å². The number of H-pyrrole nitrogens is 1. The van der Waals surface area contributed by atoms with E-state index < -0.39 is 0 Å². The van der Waals surface area contributed by atoms with Crippen LogP contribution in [0.3, 0.4) is 0 Å². The summed E-state index contributed by atoms with van der Waals surface area (Å²) >= 11 is 0. The number of hydrogen-bond donors (Lipinski definition) is 1. The molecule has 19 heavy (non-hydrogen) atoms. The molecule has 1 aromatic heterocycles. The number of aromatic nitrogens is 2. The lowest BCUT2D eigenvalue weighted by Crippen LogP contribution is -2.18. The summed E-state index contributed by atoms with van der Waals surface area (Å²) < 4.78 is 0. The SMILES string of the molecule is C=CN(C)c1cc2nc(C)[nH]c(=O)c2cc1N(C)C. The number of nitrogens with zero attached hydrogens (tertiary/aromatic N) is 3. The van der Waals surface area contributed by atoms with Gasteiger partial charge in [0.1, 0.15) is 5.82 Å². The molecule has 0 aliphatic carbocycles. The van der Waals surface area contributed by atoms with Gasteiger partial charge in [-0.3, -0.25) is 4.79 Å². The van der Waals surface area contributed by atoms with Crippen molar-refractivity contribution in [1.82, 2.24) is 9.97 Å². The van der Waals surface area contributed by atoms with Crippen molar-refractivity contribution in [3.8, 4) is 0 Å². The highest BCUT2D eigenvalue weighted by atomic mass is 16.1. The second kappa shape index (κ2) is 4.76. The van der Waals surface area contributed by atoms with Crippen molar-refractivity contribution in [3.63, 3.8) is 0 Å². The molecule has 100 valence electrons. The number of aromatic amines is 1. The molecule has 0 radical (unpaired) electrons. The molecule has 5 heteroatoms. The summed E-state index contributed by atoms with van der Waals surface area (Å²) in [6.07, 6.45) is 1.73. The molecule has 0 atom stereocenters. The maximum atomic E-state index is 12.0. The van der Waals surface area contributed by atoms with Crippen LogP contribution in [0.4, 0.5) is 11.4 Å². The summed E-state index contributed by atoms with van der Waals surface area (Å²) in [6, 6.07) is 3.77. The van der Waals surface area contributed by atoms with Gasteiger partial charge in [-0.05, 0) is 25.3 Å². The second-order valence-corrected chi connectivity index (χ2v) is 4.70. The smallest absolute Gasteiger partial charge is 0.258 e. The molecule has 1 N–H and O–H groups in total. The summed E-state index contributed by atoms with van der Waals surface area (Å²) in [4.78, 5) is 23.0. The van der Waals surface area contributed by atoms with E-state index in [2.05, 4.69) is 16.5 Å². The fourth-order valence-corrected chi connectivity index (χ4v) is 2.02. The quantitative estimate of drug-likeness (QED) is 0.913. The monoisotopic (exact) mass is 258 g/mol. The Kier molecular flexibility index (Phi) is 3.29. The van der Waals surface area contributed by atoms with Crippen molar-refractivity contribution in [1.29, 1.82) is 0 Å². The normalized spacial score (nSPS) is 10.5. The van der Waals surface area contributed by atoms with Crippen molar-refractivity contribution < 1.29 is 0 Å². The number of aryl methyl sites for hydroxylation is 1. The van der Waals surface area contributed by atoms with Gasteiger partial charge in [0.25, 0.3) is 5.56 Å². The molecule has 0 fully saturated rings. The van der Waals surface area contributed by atoms with E-state index in [1.807, 2.05) is 43.1 Å². The third-order valence-corrected chi connectivity index (χ3v) is 3.06. The number of fused-ring (bicyclic) bond motifs is 1. The molecule has 0 amide bonds. The average molecular weight is 258 g/mol. The average Bonchev–Trinajstić information content (AvgIpc) is 2.36. The minimum Gasteiger partial charge on any atom is -0.376 e. The van der Waals surface area contributed by atoms with Gasteiger partial charge in [-0.1, -0.05) is 6.58 Å². The van der Waals surface area contributed by atoms with Crippen LogP contribution in [0, 0.1) is 6.92 Å². The lowest BCUT2D eigenvalue weighted by atomic mass is 10.1. The maximum absolute atomic E-state index is 12.0. The number of hydrogen-bond acceptors (Lipinski definition) is 4. The molecule has 0 aliphatic heterocycles. The third-order valence-electron chi connectivity index (χ3n) is 3.06. The van der Waals surface area contributed by atoms with Crippen LogP contribution in [-0.4, -0.2) is 31.1 Å². The van der Waals surface area contributed by atoms with E-state index in [9.17, 15) is 4.79 Å². The molecule has 0 saturated carbocycles. The van der Waals surface area contributed by atoms with Crippen molar-refractivity contribution in [2.45, 2.75) is 6.92 Å². The van der Waals surface area contributed by atoms with Gasteiger partial charge in [-0.15, -0.1) is 0 Å². The molecule has 0 bridgehead atoms. The van der Waals surface area contributed by atoms with Crippen molar-refractivity contribution in [2.75, 3.05) is 30.9 Å². The Morgan fingerprint density at radius 1 is 1.26 bits per heavy atom. The molecule has 2 aromatic rings. The Hall–Kier alpha value is -2.30. The summed E-state index contributed by atoms with van der Waals surface area (Å²) in [7, 11) is 5.80. The van der Waals surface area contributed by atoms with Crippen LogP contribution in [0.5, 0.6) is 0 Å². The molecule has 0 spiro atoms. The molecule has 0 unspecified atom stereocenters. The van der Waals surface area contributed by atoms with Crippen LogP contribution >= 0.6 is 0 Å². The van der Waals surface area contributed by atoms with E-state index >= 15 is 0 Å². The Morgan fingerprint density at radius 3 is 2.53 bits per heavy atom. The Morgan fingerprint density at radius 2 is 1.95 bits per heavy atom. The molecule has 1 aromatic carbocycles.